The number of nitrogens with zero attached hydrogens (tertiary/aromatic N) is 3. The molecule has 7 heteroatoms. The van der Waals surface area contributed by atoms with Gasteiger partial charge in [0.25, 0.3) is 11.8 Å². The molecule has 2 N–H and O–H groups in total. The molecule has 7 nitrogen and oxygen atoms in total. The lowest BCUT2D eigenvalue weighted by molar-refractivity contribution is 0.0761. The third kappa shape index (κ3) is 5.22. The van der Waals surface area contributed by atoms with E-state index in [1.54, 1.807) is 18.3 Å². The number of carbonyl (C=O) groups excluding carboxylic acids is 2. The average Bonchev–Trinajstić information content (AvgIpc) is 3.09. The van der Waals surface area contributed by atoms with Crippen LogP contribution < -0.4 is 15.5 Å². The van der Waals surface area contributed by atoms with Crippen LogP contribution in [-0.2, 0) is 0 Å². The molecule has 3 heterocycles. The number of carbonyl (C=O) groups is 2. The van der Waals surface area contributed by atoms with Crippen molar-refractivity contribution in [3.8, 4) is 0 Å². The molecule has 0 aliphatic carbocycles. The van der Waals surface area contributed by atoms with Crippen molar-refractivity contribution >= 4 is 23.3 Å². The van der Waals surface area contributed by atoms with Crippen LogP contribution in [0.4, 0.5) is 11.5 Å². The van der Waals surface area contributed by atoms with Crippen LogP contribution in [0.1, 0.15) is 52.0 Å². The quantitative estimate of drug-likeness (QED) is 0.793. The van der Waals surface area contributed by atoms with E-state index < -0.39 is 0 Å². The Balaban J connectivity index is 1.62. The van der Waals surface area contributed by atoms with Crippen molar-refractivity contribution in [3.05, 3.63) is 53.2 Å². The zero-order chi connectivity index (χ0) is 21.6. The highest BCUT2D eigenvalue weighted by Gasteiger charge is 2.25. The Bertz CT molecular complexity index is 931. The van der Waals surface area contributed by atoms with E-state index >= 15 is 0 Å². The van der Waals surface area contributed by atoms with Crippen LogP contribution in [-0.4, -0.2) is 61.0 Å². The molecule has 0 bridgehead atoms. The molecule has 31 heavy (non-hydrogen) atoms. The molecule has 1 aromatic carbocycles. The van der Waals surface area contributed by atoms with Crippen molar-refractivity contribution in [1.82, 2.24) is 15.2 Å². The van der Waals surface area contributed by atoms with Gasteiger partial charge >= 0.3 is 0 Å². The summed E-state index contributed by atoms with van der Waals surface area (Å²) >= 11 is 0. The molecule has 0 unspecified atom stereocenters. The number of hydrogen-bond acceptors (Lipinski definition) is 5. The maximum absolute atomic E-state index is 13.5. The van der Waals surface area contributed by atoms with Gasteiger partial charge in [-0.15, -0.1) is 0 Å². The summed E-state index contributed by atoms with van der Waals surface area (Å²) in [5, 5.41) is 6.27. The molecular weight excluding hydrogens is 390 g/mol. The molecule has 0 saturated carbocycles. The minimum absolute atomic E-state index is 0.00888. The van der Waals surface area contributed by atoms with Crippen LogP contribution in [0, 0.1) is 6.92 Å². The molecular formula is C24H31N5O2. The third-order valence-electron chi connectivity index (χ3n) is 5.95. The van der Waals surface area contributed by atoms with Crippen molar-refractivity contribution in [2.24, 2.45) is 0 Å². The Morgan fingerprint density at radius 2 is 1.74 bits per heavy atom. The zero-order valence-corrected chi connectivity index (χ0v) is 18.2. The summed E-state index contributed by atoms with van der Waals surface area (Å²) in [5.74, 6) is 0.521. The predicted octanol–water partition coefficient (Wildman–Crippen LogP) is 3.07. The van der Waals surface area contributed by atoms with E-state index in [-0.39, 0.29) is 11.8 Å². The Kier molecular flexibility index (Phi) is 6.82. The Hall–Kier alpha value is -2.93. The number of aryl methyl sites for hydroxylation is 1. The van der Waals surface area contributed by atoms with Gasteiger partial charge in [0.1, 0.15) is 5.82 Å². The van der Waals surface area contributed by atoms with Crippen LogP contribution in [0.15, 0.2) is 36.5 Å². The number of hydrogen-bond donors (Lipinski definition) is 2. The third-order valence-corrected chi connectivity index (χ3v) is 5.95. The maximum Gasteiger partial charge on any atom is 0.257 e. The van der Waals surface area contributed by atoms with E-state index in [1.165, 1.54) is 12.8 Å². The Morgan fingerprint density at radius 1 is 1.00 bits per heavy atom. The molecule has 4 rings (SSSR count). The average molecular weight is 422 g/mol. The van der Waals surface area contributed by atoms with E-state index in [4.69, 9.17) is 0 Å². The van der Waals surface area contributed by atoms with Crippen molar-refractivity contribution in [1.29, 1.82) is 0 Å². The van der Waals surface area contributed by atoms with Crippen LogP contribution in [0.5, 0.6) is 0 Å². The van der Waals surface area contributed by atoms with E-state index in [1.807, 2.05) is 30.0 Å². The van der Waals surface area contributed by atoms with E-state index in [0.29, 0.717) is 22.6 Å². The molecule has 0 atom stereocenters. The number of amides is 2. The van der Waals surface area contributed by atoms with Gasteiger partial charge in [-0.1, -0.05) is 30.5 Å². The summed E-state index contributed by atoms with van der Waals surface area (Å²) in [7, 11) is 0. The second kappa shape index (κ2) is 9.92. The summed E-state index contributed by atoms with van der Waals surface area (Å²) in [5.41, 5.74) is 2.73. The lowest BCUT2D eigenvalue weighted by Crippen LogP contribution is -2.45. The smallest absolute Gasteiger partial charge is 0.257 e. The number of piperazine rings is 1. The Labute approximate surface area is 183 Å². The molecule has 0 radical (unpaired) electrons. The molecule has 2 amide bonds. The number of likely N-dealkylation sites (tertiary alicyclic amines) is 1. The summed E-state index contributed by atoms with van der Waals surface area (Å²) in [4.78, 5) is 35.0. The van der Waals surface area contributed by atoms with Gasteiger partial charge in [-0.3, -0.25) is 9.59 Å². The SMILES string of the molecule is Cc1cccc(C(=O)Nc2cnc(N3CCNCC3)c(C(=O)N3CCCCCC3)c2)c1. The van der Waals surface area contributed by atoms with Crippen LogP contribution >= 0.6 is 0 Å². The minimum atomic E-state index is -0.200. The maximum atomic E-state index is 13.5. The number of rotatable bonds is 4. The van der Waals surface area contributed by atoms with Gasteiger partial charge in [-0.25, -0.2) is 4.98 Å². The summed E-state index contributed by atoms with van der Waals surface area (Å²) < 4.78 is 0. The van der Waals surface area contributed by atoms with Crippen molar-refractivity contribution < 1.29 is 9.59 Å². The topological polar surface area (TPSA) is 77.6 Å². The summed E-state index contributed by atoms with van der Waals surface area (Å²) in [6.07, 6.45) is 6.06. The van der Waals surface area contributed by atoms with Crippen molar-refractivity contribution in [2.75, 3.05) is 49.5 Å². The number of nitrogens with one attached hydrogen (secondary N) is 2. The van der Waals surface area contributed by atoms with Gasteiger partial charge < -0.3 is 20.4 Å². The molecule has 2 saturated heterocycles. The fourth-order valence-corrected chi connectivity index (χ4v) is 4.25. The summed E-state index contributed by atoms with van der Waals surface area (Å²) in [6, 6.07) is 9.25. The first-order valence-corrected chi connectivity index (χ1v) is 11.2. The van der Waals surface area contributed by atoms with E-state index in [2.05, 4.69) is 20.5 Å². The predicted molar refractivity (Wildman–Crippen MR) is 123 cm³/mol. The number of benzene rings is 1. The highest BCUT2D eigenvalue weighted by molar-refractivity contribution is 6.06. The largest absolute Gasteiger partial charge is 0.353 e. The standard InChI is InChI=1S/C24H31N5O2/c1-18-7-6-8-19(15-18)23(30)27-20-16-21(24(31)29-11-4-2-3-5-12-29)22(26-17-20)28-13-9-25-10-14-28/h6-8,15-17,25H,2-5,9-14H2,1H3,(H,27,30). The fourth-order valence-electron chi connectivity index (χ4n) is 4.25. The molecule has 2 fully saturated rings. The van der Waals surface area contributed by atoms with Crippen LogP contribution in [0.25, 0.3) is 0 Å². The van der Waals surface area contributed by atoms with Crippen LogP contribution in [0.3, 0.4) is 0 Å². The van der Waals surface area contributed by atoms with Gasteiger partial charge in [0.15, 0.2) is 0 Å². The van der Waals surface area contributed by atoms with Gasteiger partial charge in [0.05, 0.1) is 17.4 Å². The van der Waals surface area contributed by atoms with Gasteiger partial charge in [-0.2, -0.15) is 0 Å². The lowest BCUT2D eigenvalue weighted by atomic mass is 10.1. The molecule has 2 aromatic rings. The molecule has 164 valence electrons. The minimum Gasteiger partial charge on any atom is -0.353 e. The monoisotopic (exact) mass is 421 g/mol. The van der Waals surface area contributed by atoms with Gasteiger partial charge in [0, 0.05) is 44.8 Å². The summed E-state index contributed by atoms with van der Waals surface area (Å²) in [6.45, 7) is 6.86. The zero-order valence-electron chi connectivity index (χ0n) is 18.2. The first-order chi connectivity index (χ1) is 15.1. The van der Waals surface area contributed by atoms with E-state index in [9.17, 15) is 9.59 Å². The number of aromatic nitrogens is 1. The van der Waals surface area contributed by atoms with Gasteiger partial charge in [0.2, 0.25) is 0 Å². The van der Waals surface area contributed by atoms with Crippen molar-refractivity contribution in [3.63, 3.8) is 0 Å². The normalized spacial score (nSPS) is 17.2. The first-order valence-electron chi connectivity index (χ1n) is 11.2. The second-order valence-corrected chi connectivity index (χ2v) is 8.36. The van der Waals surface area contributed by atoms with Crippen LogP contribution in [0.2, 0.25) is 0 Å². The number of anilines is 2. The molecule has 2 aliphatic heterocycles. The highest BCUT2D eigenvalue weighted by Crippen LogP contribution is 2.25. The Morgan fingerprint density at radius 3 is 2.45 bits per heavy atom. The number of pyridine rings is 1. The molecule has 1 aromatic heterocycles. The van der Waals surface area contributed by atoms with Gasteiger partial charge in [-0.05, 0) is 38.0 Å². The van der Waals surface area contributed by atoms with Crippen molar-refractivity contribution in [2.45, 2.75) is 32.6 Å². The lowest BCUT2D eigenvalue weighted by Gasteiger charge is -2.31. The molecule has 2 aliphatic rings. The second-order valence-electron chi connectivity index (χ2n) is 8.36. The fraction of sp³-hybridized carbons (Fsp3) is 0.458. The highest BCUT2D eigenvalue weighted by atomic mass is 16.2. The van der Waals surface area contributed by atoms with E-state index in [0.717, 1.165) is 57.7 Å². The molecule has 0 spiro atoms. The first kappa shape index (κ1) is 21.3.